The van der Waals surface area contributed by atoms with Crippen molar-refractivity contribution in [2.45, 2.75) is 119 Å². The van der Waals surface area contributed by atoms with E-state index in [0.29, 0.717) is 10.8 Å². The van der Waals surface area contributed by atoms with Gasteiger partial charge in [-0.05, 0) is 110 Å². The third-order valence-corrected chi connectivity index (χ3v) is 11.6. The minimum Gasteiger partial charge on any atom is -0.0625 e. The van der Waals surface area contributed by atoms with Crippen molar-refractivity contribution in [2.75, 3.05) is 0 Å². The van der Waals surface area contributed by atoms with Crippen LogP contribution in [0.4, 0.5) is 0 Å². The molecule has 4 aliphatic rings. The summed E-state index contributed by atoms with van der Waals surface area (Å²) >= 11 is 0. The molecular formula is C28H50. The molecule has 0 nitrogen and oxygen atoms in total. The lowest BCUT2D eigenvalue weighted by Crippen LogP contribution is -2.53. The van der Waals surface area contributed by atoms with E-state index in [1.165, 1.54) is 25.7 Å². The van der Waals surface area contributed by atoms with Gasteiger partial charge in [0.2, 0.25) is 0 Å². The van der Waals surface area contributed by atoms with Gasteiger partial charge in [0.25, 0.3) is 0 Å². The Morgan fingerprint density at radius 1 is 0.714 bits per heavy atom. The van der Waals surface area contributed by atoms with E-state index in [2.05, 4.69) is 41.5 Å². The Labute approximate surface area is 177 Å². The Kier molecular flexibility index (Phi) is 6.01. The van der Waals surface area contributed by atoms with Crippen molar-refractivity contribution >= 4 is 0 Å². The standard InChI is InChI=1S/C28H50/c1-19(2)20(3)10-11-21(4)24-14-15-25-23-13-12-22-9-7-8-17-27(22,5)26(23)16-18-28(24,25)6/h19-26H,7-18H2,1-6H3/t20?,21-,22?,23?,24?,25?,26?,27-,28-/m0/s1. The van der Waals surface area contributed by atoms with Crippen molar-refractivity contribution in [3.8, 4) is 0 Å². The third-order valence-electron chi connectivity index (χ3n) is 11.6. The quantitative estimate of drug-likeness (QED) is 0.443. The van der Waals surface area contributed by atoms with Crippen molar-refractivity contribution in [3.63, 3.8) is 0 Å². The van der Waals surface area contributed by atoms with Gasteiger partial charge in [0.15, 0.2) is 0 Å². The van der Waals surface area contributed by atoms with Crippen LogP contribution in [0.3, 0.4) is 0 Å². The Hall–Kier alpha value is 0. The number of rotatable bonds is 5. The first-order valence-electron chi connectivity index (χ1n) is 13.3. The van der Waals surface area contributed by atoms with E-state index in [1.807, 2.05) is 0 Å². The maximum absolute atomic E-state index is 2.75. The number of fused-ring (bicyclic) bond motifs is 5. The lowest BCUT2D eigenvalue weighted by molar-refractivity contribution is -0.114. The highest BCUT2D eigenvalue weighted by molar-refractivity contribution is 5.09. The van der Waals surface area contributed by atoms with Crippen molar-refractivity contribution in [3.05, 3.63) is 0 Å². The molecule has 0 saturated heterocycles. The second-order valence-corrected chi connectivity index (χ2v) is 12.9. The predicted molar refractivity (Wildman–Crippen MR) is 122 cm³/mol. The highest BCUT2D eigenvalue weighted by Crippen LogP contribution is 2.68. The molecule has 9 atom stereocenters. The molecule has 0 heteroatoms. The van der Waals surface area contributed by atoms with Gasteiger partial charge in [0.05, 0.1) is 0 Å². The first-order chi connectivity index (χ1) is 13.3. The topological polar surface area (TPSA) is 0 Å². The first kappa shape index (κ1) is 21.2. The van der Waals surface area contributed by atoms with Gasteiger partial charge in [-0.15, -0.1) is 0 Å². The minimum atomic E-state index is 0.666. The van der Waals surface area contributed by atoms with Gasteiger partial charge in [-0.25, -0.2) is 0 Å². The van der Waals surface area contributed by atoms with Crippen molar-refractivity contribution in [2.24, 2.45) is 58.2 Å². The lowest BCUT2D eigenvalue weighted by Gasteiger charge is -2.61. The second-order valence-electron chi connectivity index (χ2n) is 12.9. The molecule has 28 heavy (non-hydrogen) atoms. The summed E-state index contributed by atoms with van der Waals surface area (Å²) in [6, 6.07) is 0. The molecule has 4 saturated carbocycles. The summed E-state index contributed by atoms with van der Waals surface area (Å²) < 4.78 is 0. The largest absolute Gasteiger partial charge is 0.0625 e. The predicted octanol–water partition coefficient (Wildman–Crippen LogP) is 8.74. The molecule has 0 aromatic heterocycles. The second kappa shape index (κ2) is 7.92. The van der Waals surface area contributed by atoms with Crippen LogP contribution in [0.5, 0.6) is 0 Å². The third kappa shape index (κ3) is 3.41. The van der Waals surface area contributed by atoms with Crippen molar-refractivity contribution < 1.29 is 0 Å². The van der Waals surface area contributed by atoms with Gasteiger partial charge in [-0.3, -0.25) is 0 Å². The zero-order valence-corrected chi connectivity index (χ0v) is 20.1. The average Bonchev–Trinajstić information content (AvgIpc) is 3.02. The monoisotopic (exact) mass is 386 g/mol. The van der Waals surface area contributed by atoms with Crippen molar-refractivity contribution in [1.29, 1.82) is 0 Å². The molecule has 0 heterocycles. The number of hydrogen-bond acceptors (Lipinski definition) is 0. The molecule has 162 valence electrons. The Morgan fingerprint density at radius 3 is 2.21 bits per heavy atom. The van der Waals surface area contributed by atoms with Crippen LogP contribution in [0.25, 0.3) is 0 Å². The van der Waals surface area contributed by atoms with E-state index in [0.717, 1.165) is 47.3 Å². The highest BCUT2D eigenvalue weighted by Gasteiger charge is 2.60. The maximum atomic E-state index is 2.75. The molecule has 4 aliphatic carbocycles. The SMILES string of the molecule is CC(C)C(C)CC[C@H](C)C1CCC2C3CCC4CCCC[C@]4(C)C3CC[C@]21C. The smallest absolute Gasteiger partial charge is 0.0264 e. The molecule has 0 aromatic carbocycles. The highest BCUT2D eigenvalue weighted by atomic mass is 14.6. The molecule has 0 radical (unpaired) electrons. The fraction of sp³-hybridized carbons (Fsp3) is 1.00. The van der Waals surface area contributed by atoms with E-state index in [1.54, 1.807) is 51.4 Å². The number of hydrogen-bond donors (Lipinski definition) is 0. The molecule has 6 unspecified atom stereocenters. The van der Waals surface area contributed by atoms with Gasteiger partial charge in [-0.2, -0.15) is 0 Å². The molecule has 0 N–H and O–H groups in total. The van der Waals surface area contributed by atoms with Gasteiger partial charge >= 0.3 is 0 Å². The summed E-state index contributed by atoms with van der Waals surface area (Å²) in [5.41, 5.74) is 1.37. The van der Waals surface area contributed by atoms with E-state index >= 15 is 0 Å². The van der Waals surface area contributed by atoms with Gasteiger partial charge < -0.3 is 0 Å². The lowest BCUT2D eigenvalue weighted by atomic mass is 9.44. The summed E-state index contributed by atoms with van der Waals surface area (Å²) in [6.45, 7) is 15.4. The van der Waals surface area contributed by atoms with E-state index in [-0.39, 0.29) is 0 Å². The molecule has 0 aliphatic heterocycles. The Bertz CT molecular complexity index is 534. The van der Waals surface area contributed by atoms with Crippen LogP contribution < -0.4 is 0 Å². The summed E-state index contributed by atoms with van der Waals surface area (Å²) in [6.07, 6.45) is 18.4. The van der Waals surface area contributed by atoms with Gasteiger partial charge in [0.1, 0.15) is 0 Å². The van der Waals surface area contributed by atoms with Crippen LogP contribution in [-0.4, -0.2) is 0 Å². The molecule has 4 fully saturated rings. The molecule has 0 bridgehead atoms. The normalized spacial score (nSPS) is 47.9. The van der Waals surface area contributed by atoms with E-state index in [4.69, 9.17) is 0 Å². The first-order valence-corrected chi connectivity index (χ1v) is 13.3. The molecule has 0 aromatic rings. The molecule has 4 rings (SSSR count). The van der Waals surface area contributed by atoms with Gasteiger partial charge in [0, 0.05) is 0 Å². The fourth-order valence-electron chi connectivity index (χ4n) is 9.33. The maximum Gasteiger partial charge on any atom is -0.0264 e. The van der Waals surface area contributed by atoms with Crippen molar-refractivity contribution in [1.82, 2.24) is 0 Å². The van der Waals surface area contributed by atoms with Crippen LogP contribution in [0, 0.1) is 58.2 Å². The van der Waals surface area contributed by atoms with Crippen LogP contribution in [0.15, 0.2) is 0 Å². The molecule has 0 amide bonds. The van der Waals surface area contributed by atoms with Crippen LogP contribution >= 0.6 is 0 Å². The minimum absolute atomic E-state index is 0.666. The molecule has 0 spiro atoms. The van der Waals surface area contributed by atoms with Crippen LogP contribution in [0.1, 0.15) is 119 Å². The van der Waals surface area contributed by atoms with E-state index in [9.17, 15) is 0 Å². The Morgan fingerprint density at radius 2 is 1.46 bits per heavy atom. The summed E-state index contributed by atoms with van der Waals surface area (Å²) in [5.74, 6) is 7.96. The summed E-state index contributed by atoms with van der Waals surface area (Å²) in [4.78, 5) is 0. The zero-order valence-electron chi connectivity index (χ0n) is 20.1. The molecular weight excluding hydrogens is 336 g/mol. The fourth-order valence-corrected chi connectivity index (χ4v) is 9.33. The van der Waals surface area contributed by atoms with E-state index < -0.39 is 0 Å². The Balaban J connectivity index is 1.46. The van der Waals surface area contributed by atoms with Gasteiger partial charge in [-0.1, -0.05) is 67.2 Å². The summed E-state index contributed by atoms with van der Waals surface area (Å²) in [7, 11) is 0. The van der Waals surface area contributed by atoms with Crippen LogP contribution in [0.2, 0.25) is 0 Å². The van der Waals surface area contributed by atoms with Crippen LogP contribution in [-0.2, 0) is 0 Å². The zero-order chi connectivity index (χ0) is 20.1. The summed E-state index contributed by atoms with van der Waals surface area (Å²) in [5, 5.41) is 0. The average molecular weight is 387 g/mol.